The summed E-state index contributed by atoms with van der Waals surface area (Å²) in [7, 11) is 0. The first-order valence-electron chi connectivity index (χ1n) is 7.42. The lowest BCUT2D eigenvalue weighted by Gasteiger charge is -2.23. The number of hydrogen-bond donors (Lipinski definition) is 2. The lowest BCUT2D eigenvalue weighted by atomic mass is 10.1. The van der Waals surface area contributed by atoms with Crippen LogP contribution in [0.1, 0.15) is 38.2 Å². The average Bonchev–Trinajstić information content (AvgIpc) is 2.45. The molecule has 2 N–H and O–H groups in total. The number of H-pyrrole nitrogens is 1. The predicted molar refractivity (Wildman–Crippen MR) is 87.1 cm³/mol. The highest BCUT2D eigenvalue weighted by molar-refractivity contribution is 5.68. The molecule has 0 aliphatic carbocycles. The molecule has 1 atom stereocenters. The van der Waals surface area contributed by atoms with Crippen molar-refractivity contribution < 1.29 is 9.53 Å². The number of amides is 1. The van der Waals surface area contributed by atoms with E-state index in [1.165, 1.54) is 12.3 Å². The van der Waals surface area contributed by atoms with Gasteiger partial charge in [0.05, 0.1) is 6.04 Å². The number of nitrogens with one attached hydrogen (secondary N) is 2. The minimum absolute atomic E-state index is 0.265. The van der Waals surface area contributed by atoms with Gasteiger partial charge in [-0.25, -0.2) is 9.78 Å². The van der Waals surface area contributed by atoms with E-state index < -0.39 is 17.7 Å². The first kappa shape index (κ1) is 16.7. The summed E-state index contributed by atoms with van der Waals surface area (Å²) in [5, 5.41) is 2.77. The molecule has 2 aromatic rings. The highest BCUT2D eigenvalue weighted by Gasteiger charge is 2.22. The minimum Gasteiger partial charge on any atom is -0.444 e. The highest BCUT2D eigenvalue weighted by Crippen LogP contribution is 2.15. The second-order valence-corrected chi connectivity index (χ2v) is 6.21. The van der Waals surface area contributed by atoms with Gasteiger partial charge in [0.2, 0.25) is 0 Å². The van der Waals surface area contributed by atoms with E-state index >= 15 is 0 Å². The molecule has 0 aliphatic heterocycles. The van der Waals surface area contributed by atoms with Crippen LogP contribution in [0.15, 0.2) is 47.4 Å². The number of carbonyl (C=O) groups is 1. The van der Waals surface area contributed by atoms with Crippen LogP contribution in [0.25, 0.3) is 0 Å². The van der Waals surface area contributed by atoms with Crippen LogP contribution < -0.4 is 10.9 Å². The maximum Gasteiger partial charge on any atom is 0.408 e. The number of benzene rings is 1. The quantitative estimate of drug-likeness (QED) is 0.908. The largest absolute Gasteiger partial charge is 0.444 e. The maximum absolute atomic E-state index is 12.1. The fourth-order valence-electron chi connectivity index (χ4n) is 2.08. The first-order chi connectivity index (χ1) is 10.8. The number of aromatic nitrogens is 2. The topological polar surface area (TPSA) is 84.1 Å². The molecule has 2 rings (SSSR count). The van der Waals surface area contributed by atoms with Crippen molar-refractivity contribution in [1.82, 2.24) is 15.3 Å². The van der Waals surface area contributed by atoms with E-state index in [2.05, 4.69) is 15.3 Å². The van der Waals surface area contributed by atoms with E-state index in [9.17, 15) is 9.59 Å². The molecule has 0 bridgehead atoms. The normalized spacial score (nSPS) is 12.5. The van der Waals surface area contributed by atoms with Crippen molar-refractivity contribution in [3.05, 3.63) is 64.3 Å². The lowest BCUT2D eigenvalue weighted by molar-refractivity contribution is 0.0501. The summed E-state index contributed by atoms with van der Waals surface area (Å²) in [6.07, 6.45) is 1.36. The summed E-state index contributed by atoms with van der Waals surface area (Å²) < 4.78 is 5.29. The van der Waals surface area contributed by atoms with Gasteiger partial charge < -0.3 is 15.0 Å². The smallest absolute Gasteiger partial charge is 0.408 e. The Morgan fingerprint density at radius 2 is 1.96 bits per heavy atom. The van der Waals surface area contributed by atoms with Crippen molar-refractivity contribution in [2.24, 2.45) is 0 Å². The molecule has 0 fully saturated rings. The molecule has 0 saturated carbocycles. The minimum atomic E-state index is -0.598. The van der Waals surface area contributed by atoms with Gasteiger partial charge in [0.25, 0.3) is 5.56 Å². The number of aromatic amines is 1. The third kappa shape index (κ3) is 5.58. The Hall–Kier alpha value is -2.63. The fraction of sp³-hybridized carbons (Fsp3) is 0.353. The van der Waals surface area contributed by atoms with Gasteiger partial charge in [0.15, 0.2) is 0 Å². The molecule has 0 saturated heterocycles. The van der Waals surface area contributed by atoms with Gasteiger partial charge in [-0.15, -0.1) is 0 Å². The number of rotatable bonds is 4. The van der Waals surface area contributed by atoms with E-state index in [-0.39, 0.29) is 5.56 Å². The summed E-state index contributed by atoms with van der Waals surface area (Å²) in [5.41, 5.74) is 0.151. The van der Waals surface area contributed by atoms with Gasteiger partial charge in [0.1, 0.15) is 11.4 Å². The van der Waals surface area contributed by atoms with Crippen LogP contribution in [0.3, 0.4) is 0 Å². The number of ether oxygens (including phenoxy) is 1. The molecular weight excluding hydrogens is 294 g/mol. The molecule has 6 nitrogen and oxygen atoms in total. The van der Waals surface area contributed by atoms with Crippen LogP contribution in [-0.4, -0.2) is 21.7 Å². The fourth-order valence-corrected chi connectivity index (χ4v) is 2.08. The zero-order chi connectivity index (χ0) is 16.9. The maximum atomic E-state index is 12.1. The summed E-state index contributed by atoms with van der Waals surface area (Å²) in [6, 6.07) is 10.5. The van der Waals surface area contributed by atoms with Gasteiger partial charge in [-0.2, -0.15) is 0 Å². The number of nitrogens with zero attached hydrogens (tertiary/aromatic N) is 1. The van der Waals surface area contributed by atoms with Crippen molar-refractivity contribution in [1.29, 1.82) is 0 Å². The Morgan fingerprint density at radius 1 is 1.26 bits per heavy atom. The van der Waals surface area contributed by atoms with Crippen LogP contribution in [-0.2, 0) is 11.2 Å². The molecular formula is C17H21N3O3. The average molecular weight is 315 g/mol. The van der Waals surface area contributed by atoms with Crippen LogP contribution in [0.5, 0.6) is 0 Å². The molecule has 6 heteroatoms. The third-order valence-electron chi connectivity index (χ3n) is 2.99. The Bertz CT molecular complexity index is 705. The Morgan fingerprint density at radius 3 is 2.57 bits per heavy atom. The van der Waals surface area contributed by atoms with Gasteiger partial charge in [-0.1, -0.05) is 30.3 Å². The molecule has 1 aromatic carbocycles. The Balaban J connectivity index is 2.21. The van der Waals surface area contributed by atoms with Gasteiger partial charge in [-0.3, -0.25) is 4.79 Å². The van der Waals surface area contributed by atoms with Crippen LogP contribution in [0, 0.1) is 0 Å². The second-order valence-electron chi connectivity index (χ2n) is 6.21. The molecule has 1 aromatic heterocycles. The lowest BCUT2D eigenvalue weighted by Crippen LogP contribution is -2.37. The van der Waals surface area contributed by atoms with E-state index in [0.717, 1.165) is 5.56 Å². The second kappa shape index (κ2) is 7.09. The van der Waals surface area contributed by atoms with Gasteiger partial charge in [0, 0.05) is 18.7 Å². The molecule has 1 amide bonds. The molecule has 1 heterocycles. The number of carbonyl (C=O) groups excluding carboxylic acids is 1. The zero-order valence-corrected chi connectivity index (χ0v) is 13.5. The predicted octanol–water partition coefficient (Wildman–Crippen LogP) is 2.58. The summed E-state index contributed by atoms with van der Waals surface area (Å²) in [5.74, 6) is 0.396. The molecule has 0 unspecified atom stereocenters. The summed E-state index contributed by atoms with van der Waals surface area (Å²) in [4.78, 5) is 30.4. The van der Waals surface area contributed by atoms with Crippen molar-refractivity contribution in [3.63, 3.8) is 0 Å². The SMILES string of the molecule is CC(C)(C)OC(=O)N[C@@H](Cc1ccccc1)c1nccc(=O)[nH]1. The van der Waals surface area contributed by atoms with Gasteiger partial charge >= 0.3 is 6.09 Å². The van der Waals surface area contributed by atoms with Gasteiger partial charge in [-0.05, 0) is 26.3 Å². The van der Waals surface area contributed by atoms with Crippen molar-refractivity contribution in [3.8, 4) is 0 Å². The van der Waals surface area contributed by atoms with E-state index in [1.807, 2.05) is 30.3 Å². The monoisotopic (exact) mass is 315 g/mol. The van der Waals surface area contributed by atoms with Crippen molar-refractivity contribution in [2.45, 2.75) is 38.8 Å². The number of alkyl carbamates (subject to hydrolysis) is 1. The van der Waals surface area contributed by atoms with Crippen LogP contribution >= 0.6 is 0 Å². The Labute approximate surface area is 134 Å². The van der Waals surface area contributed by atoms with E-state index in [1.54, 1.807) is 20.8 Å². The van der Waals surface area contributed by atoms with Crippen molar-refractivity contribution in [2.75, 3.05) is 0 Å². The molecule has 0 radical (unpaired) electrons. The third-order valence-corrected chi connectivity index (χ3v) is 2.99. The highest BCUT2D eigenvalue weighted by atomic mass is 16.6. The van der Waals surface area contributed by atoms with Crippen LogP contribution in [0.4, 0.5) is 4.79 Å². The number of hydrogen-bond acceptors (Lipinski definition) is 4. The molecule has 0 aliphatic rings. The Kier molecular flexibility index (Phi) is 5.16. The van der Waals surface area contributed by atoms with Crippen LogP contribution in [0.2, 0.25) is 0 Å². The summed E-state index contributed by atoms with van der Waals surface area (Å²) in [6.45, 7) is 5.38. The molecule has 23 heavy (non-hydrogen) atoms. The van der Waals surface area contributed by atoms with Crippen molar-refractivity contribution >= 4 is 6.09 Å². The zero-order valence-electron chi connectivity index (χ0n) is 13.5. The summed E-state index contributed by atoms with van der Waals surface area (Å²) >= 11 is 0. The van der Waals surface area contributed by atoms with E-state index in [4.69, 9.17) is 4.74 Å². The first-order valence-corrected chi connectivity index (χ1v) is 7.42. The molecule has 122 valence electrons. The molecule has 0 spiro atoms. The van der Waals surface area contributed by atoms with E-state index in [0.29, 0.717) is 12.2 Å². The standard InChI is InChI=1S/C17H21N3O3/c1-17(2,3)23-16(22)19-13(11-12-7-5-4-6-8-12)15-18-10-9-14(21)20-15/h4-10,13H,11H2,1-3H3,(H,19,22)(H,18,20,21)/t13-/m0/s1.